The number of furan rings is 1. The fourth-order valence-electron chi connectivity index (χ4n) is 2.02. The highest BCUT2D eigenvalue weighted by molar-refractivity contribution is 5.93. The van der Waals surface area contributed by atoms with Crippen molar-refractivity contribution < 1.29 is 9.21 Å². The Kier molecular flexibility index (Phi) is 3.64. The normalized spacial score (nSPS) is 10.9. The zero-order chi connectivity index (χ0) is 14.0. The zero-order valence-electron chi connectivity index (χ0n) is 11.5. The summed E-state index contributed by atoms with van der Waals surface area (Å²) in [6.07, 6.45) is 5.03. The van der Waals surface area contributed by atoms with E-state index in [-0.39, 0.29) is 11.9 Å². The Bertz CT molecular complexity index is 555. The molecule has 0 fully saturated rings. The van der Waals surface area contributed by atoms with E-state index in [1.807, 2.05) is 24.5 Å². The van der Waals surface area contributed by atoms with E-state index in [4.69, 9.17) is 10.2 Å². The van der Waals surface area contributed by atoms with Gasteiger partial charge in [0.25, 0.3) is 5.91 Å². The van der Waals surface area contributed by atoms with Gasteiger partial charge in [-0.2, -0.15) is 0 Å². The van der Waals surface area contributed by atoms with E-state index in [2.05, 4.69) is 0 Å². The molecule has 0 saturated heterocycles. The van der Waals surface area contributed by atoms with Gasteiger partial charge in [-0.3, -0.25) is 4.79 Å². The van der Waals surface area contributed by atoms with Crippen molar-refractivity contribution in [1.82, 2.24) is 9.47 Å². The van der Waals surface area contributed by atoms with Gasteiger partial charge in [-0.25, -0.2) is 0 Å². The van der Waals surface area contributed by atoms with Gasteiger partial charge in [-0.05, 0) is 26.0 Å². The van der Waals surface area contributed by atoms with Crippen LogP contribution in [0, 0.1) is 0 Å². The lowest BCUT2D eigenvalue weighted by atomic mass is 10.3. The van der Waals surface area contributed by atoms with Gasteiger partial charge in [0.05, 0.1) is 18.2 Å². The smallest absolute Gasteiger partial charge is 0.270 e. The molecule has 0 saturated carbocycles. The second-order valence-electron chi connectivity index (χ2n) is 4.95. The minimum Gasteiger partial charge on any atom is -0.472 e. The number of hydrogen-bond donors (Lipinski definition) is 1. The van der Waals surface area contributed by atoms with Crippen LogP contribution in [-0.4, -0.2) is 22.4 Å². The molecule has 0 aromatic carbocycles. The van der Waals surface area contributed by atoms with E-state index in [9.17, 15) is 4.79 Å². The van der Waals surface area contributed by atoms with E-state index in [1.165, 1.54) is 0 Å². The predicted octanol–water partition coefficient (Wildman–Crippen LogP) is 2.52. The molecule has 0 unspecified atom stereocenters. The molecule has 0 radical (unpaired) electrons. The molecule has 0 atom stereocenters. The first-order valence-corrected chi connectivity index (χ1v) is 6.23. The molecule has 1 amide bonds. The van der Waals surface area contributed by atoms with Gasteiger partial charge in [0.2, 0.25) is 0 Å². The summed E-state index contributed by atoms with van der Waals surface area (Å²) in [5, 5.41) is 0. The second kappa shape index (κ2) is 5.22. The third-order valence-corrected chi connectivity index (χ3v) is 2.99. The Morgan fingerprint density at radius 2 is 2.26 bits per heavy atom. The van der Waals surface area contributed by atoms with Crippen molar-refractivity contribution in [3.8, 4) is 0 Å². The average Bonchev–Trinajstić information content (AvgIpc) is 2.97. The number of anilines is 1. The lowest BCUT2D eigenvalue weighted by Crippen LogP contribution is -2.28. The van der Waals surface area contributed by atoms with Crippen molar-refractivity contribution in [2.45, 2.75) is 26.4 Å². The highest BCUT2D eigenvalue weighted by atomic mass is 16.3. The Morgan fingerprint density at radius 3 is 2.84 bits per heavy atom. The van der Waals surface area contributed by atoms with Crippen molar-refractivity contribution >= 4 is 11.6 Å². The molecule has 0 aliphatic heterocycles. The van der Waals surface area contributed by atoms with Gasteiger partial charge in [-0.1, -0.05) is 0 Å². The summed E-state index contributed by atoms with van der Waals surface area (Å²) in [5.74, 6) is -0.0494. The van der Waals surface area contributed by atoms with Crippen LogP contribution in [-0.2, 0) is 6.54 Å². The SMILES string of the molecule is CC(C)n1cc(N)cc1C(=O)N(C)Cc1ccoc1. The van der Waals surface area contributed by atoms with Crippen LogP contribution >= 0.6 is 0 Å². The predicted molar refractivity (Wildman–Crippen MR) is 73.7 cm³/mol. The summed E-state index contributed by atoms with van der Waals surface area (Å²) < 4.78 is 6.90. The Labute approximate surface area is 112 Å². The Hall–Kier alpha value is -2.17. The first-order chi connectivity index (χ1) is 8.99. The second-order valence-corrected chi connectivity index (χ2v) is 4.95. The largest absolute Gasteiger partial charge is 0.472 e. The molecule has 0 bridgehead atoms. The monoisotopic (exact) mass is 261 g/mol. The third kappa shape index (κ3) is 2.81. The van der Waals surface area contributed by atoms with E-state index < -0.39 is 0 Å². The first-order valence-electron chi connectivity index (χ1n) is 6.23. The van der Waals surface area contributed by atoms with Crippen molar-refractivity contribution in [3.63, 3.8) is 0 Å². The van der Waals surface area contributed by atoms with Gasteiger partial charge >= 0.3 is 0 Å². The maximum atomic E-state index is 12.4. The number of nitrogens with two attached hydrogens (primary N) is 1. The summed E-state index contributed by atoms with van der Waals surface area (Å²) in [4.78, 5) is 14.1. The van der Waals surface area contributed by atoms with Crippen molar-refractivity contribution in [3.05, 3.63) is 42.1 Å². The number of carbonyl (C=O) groups is 1. The average molecular weight is 261 g/mol. The fourth-order valence-corrected chi connectivity index (χ4v) is 2.02. The number of rotatable bonds is 4. The molecule has 2 heterocycles. The summed E-state index contributed by atoms with van der Waals surface area (Å²) >= 11 is 0. The number of nitrogen functional groups attached to an aromatic ring is 1. The third-order valence-electron chi connectivity index (χ3n) is 2.99. The highest BCUT2D eigenvalue weighted by Crippen LogP contribution is 2.18. The van der Waals surface area contributed by atoms with Crippen LogP contribution in [0.4, 0.5) is 5.69 Å². The molecule has 5 nitrogen and oxygen atoms in total. The van der Waals surface area contributed by atoms with Crippen LogP contribution in [0.25, 0.3) is 0 Å². The van der Waals surface area contributed by atoms with Crippen molar-refractivity contribution in [1.29, 1.82) is 0 Å². The first kappa shape index (κ1) is 13.3. The van der Waals surface area contributed by atoms with Crippen LogP contribution in [0.3, 0.4) is 0 Å². The van der Waals surface area contributed by atoms with Gasteiger partial charge in [0, 0.05) is 31.4 Å². The quantitative estimate of drug-likeness (QED) is 0.919. The van der Waals surface area contributed by atoms with Crippen LogP contribution < -0.4 is 5.73 Å². The van der Waals surface area contributed by atoms with Crippen LogP contribution in [0.1, 0.15) is 35.9 Å². The van der Waals surface area contributed by atoms with Crippen LogP contribution in [0.15, 0.2) is 35.3 Å². The van der Waals surface area contributed by atoms with Crippen LogP contribution in [0.5, 0.6) is 0 Å². The lowest BCUT2D eigenvalue weighted by molar-refractivity contribution is 0.0772. The Morgan fingerprint density at radius 1 is 1.53 bits per heavy atom. The van der Waals surface area contributed by atoms with Gasteiger partial charge in [0.15, 0.2) is 0 Å². The van der Waals surface area contributed by atoms with E-state index in [0.717, 1.165) is 5.56 Å². The van der Waals surface area contributed by atoms with Gasteiger partial charge in [0.1, 0.15) is 5.69 Å². The minimum atomic E-state index is -0.0494. The molecule has 102 valence electrons. The molecular weight excluding hydrogens is 242 g/mol. The lowest BCUT2D eigenvalue weighted by Gasteiger charge is -2.19. The molecule has 5 heteroatoms. The van der Waals surface area contributed by atoms with E-state index in [1.54, 1.807) is 36.7 Å². The highest BCUT2D eigenvalue weighted by Gasteiger charge is 2.18. The van der Waals surface area contributed by atoms with Gasteiger partial charge < -0.3 is 19.6 Å². The van der Waals surface area contributed by atoms with Crippen LogP contribution in [0.2, 0.25) is 0 Å². The molecule has 0 aliphatic carbocycles. The number of aromatic nitrogens is 1. The number of hydrogen-bond acceptors (Lipinski definition) is 3. The van der Waals surface area contributed by atoms with Crippen molar-refractivity contribution in [2.24, 2.45) is 0 Å². The molecule has 2 aromatic rings. The molecule has 2 aromatic heterocycles. The molecule has 0 aliphatic rings. The molecule has 19 heavy (non-hydrogen) atoms. The Balaban J connectivity index is 2.19. The topological polar surface area (TPSA) is 64.4 Å². The summed E-state index contributed by atoms with van der Waals surface area (Å²) in [6, 6.07) is 3.76. The molecule has 0 spiro atoms. The van der Waals surface area contributed by atoms with E-state index in [0.29, 0.717) is 17.9 Å². The summed E-state index contributed by atoms with van der Waals surface area (Å²) in [6.45, 7) is 4.55. The number of amides is 1. The molecule has 2 N–H and O–H groups in total. The number of nitrogens with zero attached hydrogens (tertiary/aromatic N) is 2. The maximum absolute atomic E-state index is 12.4. The standard InChI is InChI=1S/C14H19N3O2/c1-10(2)17-8-12(15)6-13(17)14(18)16(3)7-11-4-5-19-9-11/h4-6,8-10H,7,15H2,1-3H3. The summed E-state index contributed by atoms with van der Waals surface area (Å²) in [7, 11) is 1.77. The fraction of sp³-hybridized carbons (Fsp3) is 0.357. The van der Waals surface area contributed by atoms with E-state index >= 15 is 0 Å². The molecular formula is C14H19N3O2. The molecule has 2 rings (SSSR count). The summed E-state index contributed by atoms with van der Waals surface area (Å²) in [5.41, 5.74) is 7.96. The minimum absolute atomic E-state index is 0.0494. The van der Waals surface area contributed by atoms with Gasteiger partial charge in [-0.15, -0.1) is 0 Å². The number of carbonyl (C=O) groups excluding carboxylic acids is 1. The maximum Gasteiger partial charge on any atom is 0.270 e. The van der Waals surface area contributed by atoms with Crippen molar-refractivity contribution in [2.75, 3.05) is 12.8 Å². The zero-order valence-corrected chi connectivity index (χ0v) is 11.5.